The summed E-state index contributed by atoms with van der Waals surface area (Å²) >= 11 is 0. The average Bonchev–Trinajstić information content (AvgIpc) is 3.16. The smallest absolute Gasteiger partial charge is 0.276 e. The number of benzene rings is 1. The van der Waals surface area contributed by atoms with Crippen LogP contribution in [-0.4, -0.2) is 28.9 Å². The summed E-state index contributed by atoms with van der Waals surface area (Å²) < 4.78 is 5.68. The van der Waals surface area contributed by atoms with Gasteiger partial charge in [-0.25, -0.2) is 4.98 Å². The molecule has 1 aromatic carbocycles. The predicted molar refractivity (Wildman–Crippen MR) is 81.0 cm³/mol. The molecular weight excluding hydrogens is 264 g/mol. The lowest BCUT2D eigenvalue weighted by Crippen LogP contribution is -2.35. The van der Waals surface area contributed by atoms with Crippen molar-refractivity contribution in [3.63, 3.8) is 0 Å². The average molecular weight is 284 g/mol. The van der Waals surface area contributed by atoms with Gasteiger partial charge >= 0.3 is 0 Å². The summed E-state index contributed by atoms with van der Waals surface area (Å²) in [4.78, 5) is 18.8. The van der Waals surface area contributed by atoms with Crippen molar-refractivity contribution in [3.8, 4) is 11.5 Å². The van der Waals surface area contributed by atoms with Crippen LogP contribution >= 0.6 is 0 Å². The molecule has 1 saturated carbocycles. The van der Waals surface area contributed by atoms with Crippen LogP contribution in [0.4, 0.5) is 0 Å². The van der Waals surface area contributed by atoms with Crippen LogP contribution in [0, 0.1) is 6.92 Å². The second-order valence-corrected chi connectivity index (χ2v) is 5.64. The normalized spacial score (nSPS) is 15.3. The van der Waals surface area contributed by atoms with Crippen molar-refractivity contribution in [1.82, 2.24) is 9.88 Å². The van der Waals surface area contributed by atoms with E-state index in [0.29, 0.717) is 23.4 Å². The number of aromatic nitrogens is 1. The van der Waals surface area contributed by atoms with E-state index >= 15 is 0 Å². The number of hydrogen-bond donors (Lipinski definition) is 0. The summed E-state index contributed by atoms with van der Waals surface area (Å²) in [6.45, 7) is 1.80. The van der Waals surface area contributed by atoms with Gasteiger partial charge in [-0.2, -0.15) is 0 Å². The number of carbonyl (C=O) groups excluding carboxylic acids is 1. The van der Waals surface area contributed by atoms with Gasteiger partial charge in [-0.3, -0.25) is 4.79 Å². The lowest BCUT2D eigenvalue weighted by molar-refractivity contribution is 0.0728. The van der Waals surface area contributed by atoms with Gasteiger partial charge in [0.1, 0.15) is 5.76 Å². The van der Waals surface area contributed by atoms with Gasteiger partial charge in [0, 0.05) is 18.7 Å². The highest BCUT2D eigenvalue weighted by molar-refractivity contribution is 5.93. The number of oxazole rings is 1. The van der Waals surface area contributed by atoms with Crippen LogP contribution in [0.2, 0.25) is 0 Å². The fourth-order valence-electron chi connectivity index (χ4n) is 2.92. The molecule has 0 N–H and O–H groups in total. The number of carbonyl (C=O) groups is 1. The second-order valence-electron chi connectivity index (χ2n) is 5.64. The highest BCUT2D eigenvalue weighted by atomic mass is 16.4. The summed E-state index contributed by atoms with van der Waals surface area (Å²) in [6, 6.07) is 10.0. The molecule has 4 nitrogen and oxygen atoms in total. The molecular formula is C17H20N2O2. The Kier molecular flexibility index (Phi) is 3.78. The minimum absolute atomic E-state index is 0.0367. The molecule has 1 aliphatic carbocycles. The molecule has 0 unspecified atom stereocenters. The molecule has 0 aliphatic heterocycles. The van der Waals surface area contributed by atoms with Crippen LogP contribution in [0.1, 0.15) is 41.9 Å². The molecule has 1 amide bonds. The largest absolute Gasteiger partial charge is 0.441 e. The zero-order valence-corrected chi connectivity index (χ0v) is 12.5. The molecule has 1 heterocycles. The monoisotopic (exact) mass is 284 g/mol. The molecule has 21 heavy (non-hydrogen) atoms. The van der Waals surface area contributed by atoms with E-state index in [4.69, 9.17) is 4.42 Å². The molecule has 0 radical (unpaired) electrons. The summed E-state index contributed by atoms with van der Waals surface area (Å²) in [5.41, 5.74) is 1.33. The molecule has 1 aromatic heterocycles. The van der Waals surface area contributed by atoms with Gasteiger partial charge in [-0.15, -0.1) is 0 Å². The van der Waals surface area contributed by atoms with Crippen LogP contribution in [0.25, 0.3) is 11.5 Å². The highest BCUT2D eigenvalue weighted by Crippen LogP contribution is 2.26. The van der Waals surface area contributed by atoms with E-state index in [9.17, 15) is 4.79 Å². The van der Waals surface area contributed by atoms with Crippen LogP contribution in [0.3, 0.4) is 0 Å². The molecule has 0 saturated heterocycles. The van der Waals surface area contributed by atoms with E-state index in [1.54, 1.807) is 6.92 Å². The lowest BCUT2D eigenvalue weighted by Gasteiger charge is -2.23. The Balaban J connectivity index is 1.85. The van der Waals surface area contributed by atoms with Gasteiger partial charge in [-0.1, -0.05) is 31.0 Å². The van der Waals surface area contributed by atoms with Crippen molar-refractivity contribution in [2.45, 2.75) is 38.6 Å². The minimum atomic E-state index is -0.0367. The van der Waals surface area contributed by atoms with Crippen molar-refractivity contribution in [3.05, 3.63) is 41.8 Å². The molecule has 110 valence electrons. The molecule has 3 rings (SSSR count). The number of amides is 1. The third kappa shape index (κ3) is 2.71. The Labute approximate surface area is 124 Å². The van der Waals surface area contributed by atoms with Crippen molar-refractivity contribution in [2.75, 3.05) is 7.05 Å². The first-order valence-electron chi connectivity index (χ1n) is 7.47. The van der Waals surface area contributed by atoms with Gasteiger partial charge in [0.25, 0.3) is 5.91 Å². The second kappa shape index (κ2) is 5.72. The van der Waals surface area contributed by atoms with Crippen molar-refractivity contribution < 1.29 is 9.21 Å². The number of nitrogens with zero attached hydrogens (tertiary/aromatic N) is 2. The zero-order chi connectivity index (χ0) is 14.8. The number of hydrogen-bond acceptors (Lipinski definition) is 3. The Bertz CT molecular complexity index is 627. The third-order valence-corrected chi connectivity index (χ3v) is 4.21. The standard InChI is InChI=1S/C17H20N2O2/c1-12-15(17(20)19(2)14-10-6-7-11-14)18-16(21-12)13-8-4-3-5-9-13/h3-5,8-9,14H,6-7,10-11H2,1-2H3. The Morgan fingerprint density at radius 3 is 2.57 bits per heavy atom. The van der Waals surface area contributed by atoms with Crippen LogP contribution in [-0.2, 0) is 0 Å². The van der Waals surface area contributed by atoms with Gasteiger partial charge in [0.15, 0.2) is 5.69 Å². The first kappa shape index (κ1) is 13.9. The number of rotatable bonds is 3. The topological polar surface area (TPSA) is 46.3 Å². The Morgan fingerprint density at radius 2 is 1.90 bits per heavy atom. The maximum Gasteiger partial charge on any atom is 0.276 e. The molecule has 0 atom stereocenters. The SMILES string of the molecule is Cc1oc(-c2ccccc2)nc1C(=O)N(C)C1CCCC1. The zero-order valence-electron chi connectivity index (χ0n) is 12.5. The van der Waals surface area contributed by atoms with Gasteiger partial charge in [0.2, 0.25) is 5.89 Å². The molecule has 1 aliphatic rings. The summed E-state index contributed by atoms with van der Waals surface area (Å²) in [6.07, 6.45) is 4.58. The minimum Gasteiger partial charge on any atom is -0.441 e. The fourth-order valence-corrected chi connectivity index (χ4v) is 2.92. The first-order valence-corrected chi connectivity index (χ1v) is 7.47. The molecule has 0 bridgehead atoms. The Morgan fingerprint density at radius 1 is 1.24 bits per heavy atom. The van der Waals surface area contributed by atoms with Crippen molar-refractivity contribution in [1.29, 1.82) is 0 Å². The fraction of sp³-hybridized carbons (Fsp3) is 0.412. The van der Waals surface area contributed by atoms with E-state index in [1.165, 1.54) is 12.8 Å². The Hall–Kier alpha value is -2.10. The lowest BCUT2D eigenvalue weighted by atomic mass is 10.2. The number of aryl methyl sites for hydroxylation is 1. The van der Waals surface area contributed by atoms with Crippen LogP contribution in [0.5, 0.6) is 0 Å². The van der Waals surface area contributed by atoms with Gasteiger partial charge < -0.3 is 9.32 Å². The van der Waals surface area contributed by atoms with Crippen molar-refractivity contribution in [2.24, 2.45) is 0 Å². The first-order chi connectivity index (χ1) is 10.2. The maximum absolute atomic E-state index is 12.6. The predicted octanol–water partition coefficient (Wildman–Crippen LogP) is 3.66. The maximum atomic E-state index is 12.6. The van der Waals surface area contributed by atoms with Gasteiger partial charge in [-0.05, 0) is 31.9 Å². The molecule has 2 aromatic rings. The summed E-state index contributed by atoms with van der Waals surface area (Å²) in [7, 11) is 1.87. The van der Waals surface area contributed by atoms with E-state index < -0.39 is 0 Å². The third-order valence-electron chi connectivity index (χ3n) is 4.21. The van der Waals surface area contributed by atoms with E-state index in [0.717, 1.165) is 18.4 Å². The molecule has 1 fully saturated rings. The molecule has 0 spiro atoms. The van der Waals surface area contributed by atoms with E-state index in [1.807, 2.05) is 42.3 Å². The van der Waals surface area contributed by atoms with E-state index in [2.05, 4.69) is 4.98 Å². The highest BCUT2D eigenvalue weighted by Gasteiger charge is 2.27. The summed E-state index contributed by atoms with van der Waals surface area (Å²) in [5, 5.41) is 0. The van der Waals surface area contributed by atoms with Crippen LogP contribution in [0.15, 0.2) is 34.7 Å². The molecule has 4 heteroatoms. The van der Waals surface area contributed by atoms with E-state index in [-0.39, 0.29) is 5.91 Å². The van der Waals surface area contributed by atoms with Crippen molar-refractivity contribution >= 4 is 5.91 Å². The summed E-state index contributed by atoms with van der Waals surface area (Å²) in [5.74, 6) is 1.06. The van der Waals surface area contributed by atoms with Crippen LogP contribution < -0.4 is 0 Å². The van der Waals surface area contributed by atoms with Gasteiger partial charge in [0.05, 0.1) is 0 Å². The quantitative estimate of drug-likeness (QED) is 0.864.